The molecule has 2 aromatic rings. The van der Waals surface area contributed by atoms with E-state index in [2.05, 4.69) is 15.9 Å². The third-order valence-corrected chi connectivity index (χ3v) is 4.74. The maximum absolute atomic E-state index is 10.4. The zero-order chi connectivity index (χ0) is 13.3. The standard InChI is InChI=1S/C13H12BrClO2S/c1-7-5-11(18-13(7)15)12(16)9-4-3-8(14)6-10(9)17-2/h3-6,12,16H,1-2H3. The second-order valence-corrected chi connectivity index (χ2v) is 6.50. The van der Waals surface area contributed by atoms with Crippen LogP contribution in [0.1, 0.15) is 22.1 Å². The largest absolute Gasteiger partial charge is 0.496 e. The van der Waals surface area contributed by atoms with Crippen molar-refractivity contribution in [3.63, 3.8) is 0 Å². The van der Waals surface area contributed by atoms with E-state index in [0.29, 0.717) is 10.1 Å². The molecule has 0 spiro atoms. The van der Waals surface area contributed by atoms with Crippen molar-refractivity contribution >= 4 is 38.9 Å². The number of aryl methyl sites for hydroxylation is 1. The fourth-order valence-corrected chi connectivity index (χ4v) is 3.25. The molecule has 1 aromatic carbocycles. The molecule has 0 bridgehead atoms. The van der Waals surface area contributed by atoms with Gasteiger partial charge < -0.3 is 9.84 Å². The Morgan fingerprint density at radius 2 is 2.11 bits per heavy atom. The Hall–Kier alpha value is -0.550. The van der Waals surface area contributed by atoms with E-state index in [1.54, 1.807) is 7.11 Å². The highest BCUT2D eigenvalue weighted by atomic mass is 79.9. The molecule has 0 aliphatic heterocycles. The van der Waals surface area contributed by atoms with Crippen LogP contribution < -0.4 is 4.74 Å². The topological polar surface area (TPSA) is 29.5 Å². The van der Waals surface area contributed by atoms with Crippen molar-refractivity contribution in [1.29, 1.82) is 0 Å². The van der Waals surface area contributed by atoms with Gasteiger partial charge in [0.2, 0.25) is 0 Å². The number of aliphatic hydroxyl groups excluding tert-OH is 1. The molecule has 1 unspecified atom stereocenters. The van der Waals surface area contributed by atoms with Gasteiger partial charge in [-0.3, -0.25) is 0 Å². The summed E-state index contributed by atoms with van der Waals surface area (Å²) in [6, 6.07) is 7.46. The molecule has 2 rings (SSSR count). The van der Waals surface area contributed by atoms with Crippen molar-refractivity contribution in [2.24, 2.45) is 0 Å². The van der Waals surface area contributed by atoms with Gasteiger partial charge in [-0.25, -0.2) is 0 Å². The predicted octanol–water partition coefficient (Wildman–Crippen LogP) is 4.56. The van der Waals surface area contributed by atoms with Crippen molar-refractivity contribution in [2.75, 3.05) is 7.11 Å². The number of hydrogen-bond acceptors (Lipinski definition) is 3. The molecule has 0 aliphatic carbocycles. The van der Waals surface area contributed by atoms with E-state index >= 15 is 0 Å². The second-order valence-electron chi connectivity index (χ2n) is 3.89. The highest BCUT2D eigenvalue weighted by Gasteiger charge is 2.18. The second kappa shape index (κ2) is 5.61. The van der Waals surface area contributed by atoms with Gasteiger partial charge in [0.05, 0.1) is 11.4 Å². The minimum absolute atomic E-state index is 0.652. The maximum atomic E-state index is 10.4. The lowest BCUT2D eigenvalue weighted by Crippen LogP contribution is -2.00. The molecule has 0 radical (unpaired) electrons. The summed E-state index contributed by atoms with van der Waals surface area (Å²) in [7, 11) is 1.59. The molecule has 1 heterocycles. The fraction of sp³-hybridized carbons (Fsp3) is 0.231. The molecule has 1 N–H and O–H groups in total. The quantitative estimate of drug-likeness (QED) is 0.882. The van der Waals surface area contributed by atoms with Crippen LogP contribution in [0.2, 0.25) is 4.34 Å². The van der Waals surface area contributed by atoms with Crippen molar-refractivity contribution < 1.29 is 9.84 Å². The smallest absolute Gasteiger partial charge is 0.126 e. The molecule has 2 nitrogen and oxygen atoms in total. The van der Waals surface area contributed by atoms with E-state index in [1.165, 1.54) is 11.3 Å². The van der Waals surface area contributed by atoms with Gasteiger partial charge in [-0.15, -0.1) is 11.3 Å². The third kappa shape index (κ3) is 2.72. The van der Waals surface area contributed by atoms with Gasteiger partial charge in [0.1, 0.15) is 11.9 Å². The average molecular weight is 348 g/mol. The fourth-order valence-electron chi connectivity index (χ4n) is 1.68. The Morgan fingerprint density at radius 3 is 2.67 bits per heavy atom. The van der Waals surface area contributed by atoms with Crippen LogP contribution in [0.25, 0.3) is 0 Å². The van der Waals surface area contributed by atoms with E-state index in [0.717, 1.165) is 20.5 Å². The van der Waals surface area contributed by atoms with Gasteiger partial charge in [-0.1, -0.05) is 33.6 Å². The molecule has 0 saturated heterocycles. The number of halogens is 2. The molecule has 96 valence electrons. The lowest BCUT2D eigenvalue weighted by Gasteiger charge is -2.13. The molecule has 1 aromatic heterocycles. The zero-order valence-corrected chi connectivity index (χ0v) is 13.1. The summed E-state index contributed by atoms with van der Waals surface area (Å²) in [6.45, 7) is 1.92. The molecule has 0 amide bonds. The van der Waals surface area contributed by atoms with E-state index in [4.69, 9.17) is 16.3 Å². The van der Waals surface area contributed by atoms with Gasteiger partial charge in [0.25, 0.3) is 0 Å². The van der Waals surface area contributed by atoms with Crippen LogP contribution in [-0.2, 0) is 0 Å². The Morgan fingerprint density at radius 1 is 1.39 bits per heavy atom. The van der Waals surface area contributed by atoms with Crippen LogP contribution in [0.15, 0.2) is 28.7 Å². The Kier molecular flexibility index (Phi) is 4.33. The van der Waals surface area contributed by atoms with E-state index < -0.39 is 6.10 Å². The van der Waals surface area contributed by atoms with Crippen LogP contribution in [0.5, 0.6) is 5.75 Å². The van der Waals surface area contributed by atoms with Crippen LogP contribution in [0.3, 0.4) is 0 Å². The summed E-state index contributed by atoms with van der Waals surface area (Å²) in [5.74, 6) is 0.652. The van der Waals surface area contributed by atoms with Gasteiger partial charge in [0.15, 0.2) is 0 Å². The SMILES string of the molecule is COc1cc(Br)ccc1C(O)c1cc(C)c(Cl)s1. The highest BCUT2D eigenvalue weighted by molar-refractivity contribution is 9.10. The number of hydrogen-bond donors (Lipinski definition) is 1. The van der Waals surface area contributed by atoms with Gasteiger partial charge >= 0.3 is 0 Å². The lowest BCUT2D eigenvalue weighted by atomic mass is 10.1. The molecular formula is C13H12BrClO2S. The summed E-state index contributed by atoms with van der Waals surface area (Å²) >= 11 is 10.8. The minimum Gasteiger partial charge on any atom is -0.496 e. The van der Waals surface area contributed by atoms with Gasteiger partial charge in [-0.05, 0) is 30.7 Å². The summed E-state index contributed by atoms with van der Waals surface area (Å²) in [5, 5.41) is 10.4. The first kappa shape index (κ1) is 13.9. The number of benzene rings is 1. The normalized spacial score (nSPS) is 12.5. The molecule has 0 fully saturated rings. The summed E-state index contributed by atoms with van der Waals surface area (Å²) in [5.41, 5.74) is 1.71. The minimum atomic E-state index is -0.718. The Balaban J connectivity index is 2.42. The Bertz CT molecular complexity index is 549. The zero-order valence-electron chi connectivity index (χ0n) is 9.91. The average Bonchev–Trinajstić information content (AvgIpc) is 2.68. The number of methoxy groups -OCH3 is 1. The van der Waals surface area contributed by atoms with Gasteiger partial charge in [-0.2, -0.15) is 0 Å². The van der Waals surface area contributed by atoms with Crippen LogP contribution in [0, 0.1) is 6.92 Å². The number of ether oxygens (including phenoxy) is 1. The molecule has 1 atom stereocenters. The van der Waals surface area contributed by atoms with Crippen molar-refractivity contribution in [3.05, 3.63) is 49.1 Å². The van der Waals surface area contributed by atoms with E-state index in [-0.39, 0.29) is 0 Å². The predicted molar refractivity (Wildman–Crippen MR) is 78.8 cm³/mol. The third-order valence-electron chi connectivity index (χ3n) is 2.64. The van der Waals surface area contributed by atoms with E-state index in [1.807, 2.05) is 31.2 Å². The summed E-state index contributed by atoms with van der Waals surface area (Å²) < 4.78 is 6.91. The monoisotopic (exact) mass is 346 g/mol. The number of thiophene rings is 1. The first-order valence-electron chi connectivity index (χ1n) is 5.30. The van der Waals surface area contributed by atoms with Crippen molar-refractivity contribution in [2.45, 2.75) is 13.0 Å². The molecule has 18 heavy (non-hydrogen) atoms. The number of aliphatic hydroxyl groups is 1. The van der Waals surface area contributed by atoms with E-state index in [9.17, 15) is 5.11 Å². The molecule has 5 heteroatoms. The lowest BCUT2D eigenvalue weighted by molar-refractivity contribution is 0.218. The van der Waals surface area contributed by atoms with Gasteiger partial charge in [0, 0.05) is 14.9 Å². The summed E-state index contributed by atoms with van der Waals surface area (Å²) in [4.78, 5) is 0.818. The maximum Gasteiger partial charge on any atom is 0.126 e. The Labute approximate surface area is 123 Å². The summed E-state index contributed by atoms with van der Waals surface area (Å²) in [6.07, 6.45) is -0.718. The molecule has 0 aliphatic rings. The first-order valence-corrected chi connectivity index (χ1v) is 7.29. The highest BCUT2D eigenvalue weighted by Crippen LogP contribution is 2.37. The number of rotatable bonds is 3. The van der Waals surface area contributed by atoms with Crippen LogP contribution in [0.4, 0.5) is 0 Å². The van der Waals surface area contributed by atoms with Crippen molar-refractivity contribution in [1.82, 2.24) is 0 Å². The molecule has 0 saturated carbocycles. The first-order chi connectivity index (χ1) is 8.52. The van der Waals surface area contributed by atoms with Crippen LogP contribution >= 0.6 is 38.9 Å². The van der Waals surface area contributed by atoms with Crippen LogP contribution in [-0.4, -0.2) is 12.2 Å². The molecular weight excluding hydrogens is 336 g/mol. The van der Waals surface area contributed by atoms with Crippen molar-refractivity contribution in [3.8, 4) is 5.75 Å².